The lowest BCUT2D eigenvalue weighted by Gasteiger charge is -2.04. The predicted octanol–water partition coefficient (Wildman–Crippen LogP) is 5.27. The normalized spacial score (nSPS) is 16.4. The van der Waals surface area contributed by atoms with Gasteiger partial charge in [0.05, 0.1) is 9.60 Å². The Balaban J connectivity index is 2.56. The fourth-order valence-corrected chi connectivity index (χ4v) is 1.97. The largest absolute Gasteiger partial charge is 0.0636 e. The molecule has 1 heteroatoms. The number of halogens is 1. The summed E-state index contributed by atoms with van der Waals surface area (Å²) in [4.78, 5) is 0. The van der Waals surface area contributed by atoms with Crippen LogP contribution < -0.4 is 0 Å². The van der Waals surface area contributed by atoms with E-state index in [4.69, 9.17) is 9.60 Å². The van der Waals surface area contributed by atoms with E-state index in [2.05, 4.69) is 15.9 Å². The standard InChI is InChI=1S/C16H11Br/c17-16-7-3-6-14(11-16)15-9-8-12-4-1-2-5-13(12)10-15/h1-11H/i1D,2D,4D,5D,8D,9D,10D. The third-order valence-electron chi connectivity index (χ3n) is 2.36. The van der Waals surface area contributed by atoms with Gasteiger partial charge in [-0.15, -0.1) is 0 Å². The lowest BCUT2D eigenvalue weighted by atomic mass is 10.0. The van der Waals surface area contributed by atoms with Crippen LogP contribution in [0.1, 0.15) is 9.60 Å². The molecule has 0 atom stereocenters. The molecule has 17 heavy (non-hydrogen) atoms. The number of rotatable bonds is 1. The van der Waals surface area contributed by atoms with Gasteiger partial charge < -0.3 is 0 Å². The second-order valence-electron chi connectivity index (χ2n) is 3.51. The molecule has 82 valence electrons. The summed E-state index contributed by atoms with van der Waals surface area (Å²) in [6, 6.07) is 4.59. The van der Waals surface area contributed by atoms with Gasteiger partial charge in [0.2, 0.25) is 0 Å². The van der Waals surface area contributed by atoms with Crippen LogP contribution in [0.25, 0.3) is 21.9 Å². The Hall–Kier alpha value is -1.60. The van der Waals surface area contributed by atoms with Crippen LogP contribution in [0.3, 0.4) is 0 Å². The third kappa shape index (κ3) is 2.11. The van der Waals surface area contributed by atoms with Crippen LogP contribution in [0.2, 0.25) is 0 Å². The Bertz CT molecular complexity index is 998. The van der Waals surface area contributed by atoms with E-state index >= 15 is 0 Å². The molecule has 0 unspecified atom stereocenters. The van der Waals surface area contributed by atoms with Gasteiger partial charge in [0, 0.05) is 4.47 Å². The highest BCUT2D eigenvalue weighted by molar-refractivity contribution is 9.10. The fourth-order valence-electron chi connectivity index (χ4n) is 1.57. The summed E-state index contributed by atoms with van der Waals surface area (Å²) in [7, 11) is 0. The van der Waals surface area contributed by atoms with Crippen molar-refractivity contribution in [2.24, 2.45) is 0 Å². The molecule has 3 aromatic carbocycles. The Morgan fingerprint density at radius 3 is 2.53 bits per heavy atom. The SMILES string of the molecule is [2H]c1c([2H])c([2H])c2c([2H])c(-c3cccc(Br)c3)c([2H])c([2H])c2c1[2H]. The second kappa shape index (κ2) is 4.34. The minimum Gasteiger partial charge on any atom is -0.0616 e. The second-order valence-corrected chi connectivity index (χ2v) is 4.43. The molecule has 3 rings (SSSR count). The van der Waals surface area contributed by atoms with E-state index < -0.39 is 18.1 Å². The maximum absolute atomic E-state index is 8.42. The first kappa shape index (κ1) is 5.36. The molecular weight excluding hydrogens is 272 g/mol. The van der Waals surface area contributed by atoms with Crippen molar-refractivity contribution < 1.29 is 9.60 Å². The minimum atomic E-state index is -0.463. The summed E-state index contributed by atoms with van der Waals surface area (Å²) >= 11 is 3.33. The molecule has 0 aliphatic carbocycles. The van der Waals surface area contributed by atoms with Crippen molar-refractivity contribution in [2.45, 2.75) is 0 Å². The van der Waals surface area contributed by atoms with Crippen LogP contribution in [0.5, 0.6) is 0 Å². The zero-order valence-electron chi connectivity index (χ0n) is 15.7. The van der Waals surface area contributed by atoms with Crippen LogP contribution in [0.4, 0.5) is 0 Å². The van der Waals surface area contributed by atoms with E-state index in [0.717, 1.165) is 4.47 Å². The average molecular weight is 290 g/mol. The Morgan fingerprint density at radius 1 is 0.882 bits per heavy atom. The summed E-state index contributed by atoms with van der Waals surface area (Å²) in [5.74, 6) is 0. The minimum absolute atomic E-state index is 0.0306. The molecule has 0 aromatic heterocycles. The molecule has 0 saturated heterocycles. The van der Waals surface area contributed by atoms with Gasteiger partial charge in [0.15, 0.2) is 0 Å². The number of hydrogen-bond acceptors (Lipinski definition) is 0. The summed E-state index contributed by atoms with van der Waals surface area (Å²) in [5, 5.41) is -0.119. The molecule has 0 aliphatic heterocycles. The molecule has 0 saturated carbocycles. The van der Waals surface area contributed by atoms with Crippen LogP contribution in [0.15, 0.2) is 71.0 Å². The Kier molecular flexibility index (Phi) is 1.37. The van der Waals surface area contributed by atoms with Gasteiger partial charge in [0.25, 0.3) is 0 Å². The van der Waals surface area contributed by atoms with Crippen molar-refractivity contribution in [2.75, 3.05) is 0 Å². The molecule has 0 aliphatic rings. The van der Waals surface area contributed by atoms with Gasteiger partial charge in [-0.05, 0) is 40.1 Å². The maximum Gasteiger partial charge on any atom is 0.0636 e. The Morgan fingerprint density at radius 2 is 1.71 bits per heavy atom. The van der Waals surface area contributed by atoms with E-state index in [1.54, 1.807) is 24.3 Å². The van der Waals surface area contributed by atoms with Crippen LogP contribution in [0, 0.1) is 0 Å². The van der Waals surface area contributed by atoms with Crippen molar-refractivity contribution in [1.82, 2.24) is 0 Å². The van der Waals surface area contributed by atoms with Gasteiger partial charge in [-0.3, -0.25) is 0 Å². The van der Waals surface area contributed by atoms with E-state index in [0.29, 0.717) is 5.56 Å². The number of fused-ring (bicyclic) bond motifs is 1. The van der Waals surface area contributed by atoms with Crippen molar-refractivity contribution in [3.8, 4) is 11.1 Å². The van der Waals surface area contributed by atoms with Crippen LogP contribution in [-0.4, -0.2) is 0 Å². The molecule has 0 radical (unpaired) electrons. The number of benzene rings is 3. The lowest BCUT2D eigenvalue weighted by Crippen LogP contribution is -1.78. The first-order chi connectivity index (χ1) is 11.3. The van der Waals surface area contributed by atoms with Crippen molar-refractivity contribution >= 4 is 26.7 Å². The van der Waals surface area contributed by atoms with Gasteiger partial charge in [0.1, 0.15) is 0 Å². The van der Waals surface area contributed by atoms with Crippen LogP contribution >= 0.6 is 15.9 Å². The van der Waals surface area contributed by atoms with Gasteiger partial charge >= 0.3 is 0 Å². The first-order valence-electron chi connectivity index (χ1n) is 8.51. The molecule has 0 amide bonds. The molecular formula is C16H11Br. The van der Waals surface area contributed by atoms with E-state index in [9.17, 15) is 0 Å². The quantitative estimate of drug-likeness (QED) is 0.572. The molecule has 0 spiro atoms. The van der Waals surface area contributed by atoms with Crippen molar-refractivity contribution in [3.63, 3.8) is 0 Å². The highest BCUT2D eigenvalue weighted by Crippen LogP contribution is 2.26. The molecule has 3 aromatic rings. The van der Waals surface area contributed by atoms with Crippen LogP contribution in [-0.2, 0) is 0 Å². The van der Waals surface area contributed by atoms with E-state index in [-0.39, 0.29) is 40.5 Å². The molecule has 0 N–H and O–H groups in total. The maximum atomic E-state index is 8.42. The smallest absolute Gasteiger partial charge is 0.0616 e. The zero-order valence-corrected chi connectivity index (χ0v) is 10.3. The predicted molar refractivity (Wildman–Crippen MR) is 77.1 cm³/mol. The molecule has 0 heterocycles. The molecule has 0 fully saturated rings. The Labute approximate surface area is 119 Å². The summed E-state index contributed by atoms with van der Waals surface area (Å²) in [5.41, 5.74) is 0.723. The van der Waals surface area contributed by atoms with Gasteiger partial charge in [-0.2, -0.15) is 0 Å². The zero-order chi connectivity index (χ0) is 17.8. The van der Waals surface area contributed by atoms with Gasteiger partial charge in [-0.25, -0.2) is 0 Å². The van der Waals surface area contributed by atoms with Gasteiger partial charge in [-0.1, -0.05) is 64.3 Å². The monoisotopic (exact) mass is 289 g/mol. The summed E-state index contributed by atoms with van der Waals surface area (Å²) in [6.45, 7) is 0. The van der Waals surface area contributed by atoms with E-state index in [1.807, 2.05) is 0 Å². The van der Waals surface area contributed by atoms with Crippen molar-refractivity contribution in [1.29, 1.82) is 0 Å². The fraction of sp³-hybridized carbons (Fsp3) is 0. The summed E-state index contributed by atoms with van der Waals surface area (Å²) < 4.78 is 57.2. The third-order valence-corrected chi connectivity index (χ3v) is 2.86. The highest BCUT2D eigenvalue weighted by Gasteiger charge is 1.99. The molecule has 0 nitrogen and oxygen atoms in total. The van der Waals surface area contributed by atoms with E-state index in [1.165, 1.54) is 0 Å². The topological polar surface area (TPSA) is 0 Å². The summed E-state index contributed by atoms with van der Waals surface area (Å²) in [6.07, 6.45) is 0. The highest BCUT2D eigenvalue weighted by atomic mass is 79.9. The number of hydrogen-bond donors (Lipinski definition) is 0. The lowest BCUT2D eigenvalue weighted by molar-refractivity contribution is 1.61. The first-order valence-corrected chi connectivity index (χ1v) is 5.80. The average Bonchev–Trinajstić information content (AvgIpc) is 2.54. The molecule has 0 bridgehead atoms. The van der Waals surface area contributed by atoms with Crippen molar-refractivity contribution in [3.05, 3.63) is 71.0 Å².